The zero-order chi connectivity index (χ0) is 18.6. The second-order valence-electron chi connectivity index (χ2n) is 5.75. The Hall–Kier alpha value is -0.720. The summed E-state index contributed by atoms with van der Waals surface area (Å²) >= 11 is 0. The van der Waals surface area contributed by atoms with E-state index in [1.165, 1.54) is 0 Å². The summed E-state index contributed by atoms with van der Waals surface area (Å²) in [5.41, 5.74) is 0.337. The molecule has 0 bridgehead atoms. The standard InChI is InChI=1S/C16H32NO6P/c1-6-17(7-2,8-3)11-14-23-24(19,20)22-13-10-9-12-21-16(18)15(4)5/h4,6-14H2,1-3,5H3. The molecule has 0 N–H and O–H groups in total. The van der Waals surface area contributed by atoms with Crippen molar-refractivity contribution >= 4 is 13.8 Å². The highest BCUT2D eigenvalue weighted by atomic mass is 31.2. The minimum Gasteiger partial charge on any atom is -0.756 e. The first-order chi connectivity index (χ1) is 11.2. The number of phosphoric ester groups is 1. The highest BCUT2D eigenvalue weighted by molar-refractivity contribution is 7.45. The summed E-state index contributed by atoms with van der Waals surface area (Å²) < 4.78 is 27.1. The van der Waals surface area contributed by atoms with Crippen LogP contribution in [-0.2, 0) is 23.1 Å². The van der Waals surface area contributed by atoms with E-state index >= 15 is 0 Å². The summed E-state index contributed by atoms with van der Waals surface area (Å²) in [6.07, 6.45) is 0.971. The van der Waals surface area contributed by atoms with Crippen LogP contribution < -0.4 is 4.89 Å². The van der Waals surface area contributed by atoms with Gasteiger partial charge in [-0.15, -0.1) is 0 Å². The lowest BCUT2D eigenvalue weighted by atomic mass is 10.3. The van der Waals surface area contributed by atoms with E-state index < -0.39 is 13.8 Å². The van der Waals surface area contributed by atoms with E-state index in [4.69, 9.17) is 13.8 Å². The zero-order valence-electron chi connectivity index (χ0n) is 15.4. The molecule has 0 rings (SSSR count). The average molecular weight is 365 g/mol. The number of quaternary nitrogens is 1. The number of ether oxygens (including phenoxy) is 1. The molecular formula is C16H32NO6P. The first kappa shape index (κ1) is 23.3. The monoisotopic (exact) mass is 365 g/mol. The van der Waals surface area contributed by atoms with Crippen LogP contribution in [0.2, 0.25) is 0 Å². The van der Waals surface area contributed by atoms with Crippen molar-refractivity contribution in [1.29, 1.82) is 0 Å². The Kier molecular flexibility index (Phi) is 11.4. The fraction of sp³-hybridized carbons (Fsp3) is 0.812. The van der Waals surface area contributed by atoms with Crippen molar-refractivity contribution in [3.8, 4) is 0 Å². The first-order valence-corrected chi connectivity index (χ1v) is 9.95. The maximum Gasteiger partial charge on any atom is 0.333 e. The number of hydrogen-bond donors (Lipinski definition) is 0. The largest absolute Gasteiger partial charge is 0.756 e. The maximum atomic E-state index is 11.7. The number of esters is 1. The Bertz CT molecular complexity index is 428. The third-order valence-electron chi connectivity index (χ3n) is 4.20. The Labute approximate surface area is 145 Å². The fourth-order valence-electron chi connectivity index (χ4n) is 2.20. The normalized spacial score (nSPS) is 14.2. The van der Waals surface area contributed by atoms with Crippen LogP contribution in [0.1, 0.15) is 40.5 Å². The van der Waals surface area contributed by atoms with E-state index in [0.717, 1.165) is 24.1 Å². The third-order valence-corrected chi connectivity index (χ3v) is 5.19. The van der Waals surface area contributed by atoms with E-state index in [1.54, 1.807) is 6.92 Å². The van der Waals surface area contributed by atoms with E-state index in [0.29, 0.717) is 25.0 Å². The lowest BCUT2D eigenvalue weighted by Crippen LogP contribution is -2.49. The van der Waals surface area contributed by atoms with Gasteiger partial charge in [-0.1, -0.05) is 6.58 Å². The predicted molar refractivity (Wildman–Crippen MR) is 91.3 cm³/mol. The number of nitrogens with zero attached hydrogens (tertiary/aromatic N) is 1. The molecule has 0 heterocycles. The number of carbonyl (C=O) groups excluding carboxylic acids is 1. The Balaban J connectivity index is 3.92. The van der Waals surface area contributed by atoms with Crippen LogP contribution in [0, 0.1) is 0 Å². The molecule has 0 saturated heterocycles. The summed E-state index contributed by atoms with van der Waals surface area (Å²) in [4.78, 5) is 22.8. The van der Waals surface area contributed by atoms with Gasteiger partial charge < -0.3 is 23.2 Å². The molecule has 0 aromatic carbocycles. The third kappa shape index (κ3) is 9.55. The number of carbonyl (C=O) groups is 1. The molecule has 1 unspecified atom stereocenters. The molecule has 7 nitrogen and oxygen atoms in total. The zero-order valence-corrected chi connectivity index (χ0v) is 16.3. The molecule has 0 fully saturated rings. The number of unbranched alkanes of at least 4 members (excludes halogenated alkanes) is 1. The smallest absolute Gasteiger partial charge is 0.333 e. The van der Waals surface area contributed by atoms with Gasteiger partial charge in [0.25, 0.3) is 7.82 Å². The molecule has 0 amide bonds. The molecule has 0 aromatic rings. The van der Waals surface area contributed by atoms with Gasteiger partial charge in [0.2, 0.25) is 0 Å². The number of phosphoric acid groups is 1. The average Bonchev–Trinajstić information content (AvgIpc) is 2.54. The molecule has 24 heavy (non-hydrogen) atoms. The van der Waals surface area contributed by atoms with Crippen molar-refractivity contribution in [3.63, 3.8) is 0 Å². The molecule has 0 aliphatic heterocycles. The maximum absolute atomic E-state index is 11.7. The Morgan fingerprint density at radius 1 is 1.04 bits per heavy atom. The second kappa shape index (κ2) is 11.8. The fourth-order valence-corrected chi connectivity index (χ4v) is 2.93. The summed E-state index contributed by atoms with van der Waals surface area (Å²) in [7, 11) is -4.28. The topological polar surface area (TPSA) is 84.9 Å². The number of rotatable bonds is 14. The van der Waals surface area contributed by atoms with Crippen LogP contribution in [0.4, 0.5) is 0 Å². The van der Waals surface area contributed by atoms with Gasteiger partial charge in [-0.05, 0) is 40.5 Å². The number of hydrogen-bond acceptors (Lipinski definition) is 6. The van der Waals surface area contributed by atoms with E-state index in [1.807, 2.05) is 0 Å². The quantitative estimate of drug-likeness (QED) is 0.154. The molecular weight excluding hydrogens is 333 g/mol. The van der Waals surface area contributed by atoms with Crippen molar-refractivity contribution in [2.45, 2.75) is 40.5 Å². The Morgan fingerprint density at radius 3 is 2.04 bits per heavy atom. The molecule has 8 heteroatoms. The Morgan fingerprint density at radius 2 is 1.54 bits per heavy atom. The van der Waals surface area contributed by atoms with Crippen molar-refractivity contribution in [2.24, 2.45) is 0 Å². The van der Waals surface area contributed by atoms with Crippen molar-refractivity contribution in [2.75, 3.05) is 46.0 Å². The molecule has 0 radical (unpaired) electrons. The van der Waals surface area contributed by atoms with Crippen LogP contribution in [-0.4, -0.2) is 56.5 Å². The molecule has 142 valence electrons. The number of likely N-dealkylation sites (N-methyl/N-ethyl adjacent to an activating group) is 1. The van der Waals surface area contributed by atoms with Gasteiger partial charge in [0.05, 0.1) is 32.8 Å². The summed E-state index contributed by atoms with van der Waals surface area (Å²) in [6.45, 7) is 15.1. The molecule has 0 aromatic heterocycles. The molecule has 1 atom stereocenters. The lowest BCUT2D eigenvalue weighted by molar-refractivity contribution is -0.923. The minimum absolute atomic E-state index is 0.0146. The molecule has 0 aliphatic carbocycles. The predicted octanol–water partition coefficient (Wildman–Crippen LogP) is 2.26. The van der Waals surface area contributed by atoms with Gasteiger partial charge in [0.1, 0.15) is 13.2 Å². The van der Waals surface area contributed by atoms with Crippen LogP contribution in [0.3, 0.4) is 0 Å². The van der Waals surface area contributed by atoms with Gasteiger partial charge in [0.15, 0.2) is 0 Å². The van der Waals surface area contributed by atoms with Gasteiger partial charge in [-0.25, -0.2) is 4.79 Å². The highest BCUT2D eigenvalue weighted by Crippen LogP contribution is 2.38. The summed E-state index contributed by atoms with van der Waals surface area (Å²) in [6, 6.07) is 0. The van der Waals surface area contributed by atoms with Gasteiger partial charge in [0, 0.05) is 5.57 Å². The SMILES string of the molecule is C=C(C)C(=O)OCCCCOP(=O)([O-])OCC[N+](CC)(CC)CC. The van der Waals surface area contributed by atoms with E-state index in [2.05, 4.69) is 27.4 Å². The summed E-state index contributed by atoms with van der Waals surface area (Å²) in [5.74, 6) is -0.446. The molecule has 0 spiro atoms. The van der Waals surface area contributed by atoms with Crippen LogP contribution in [0.5, 0.6) is 0 Å². The van der Waals surface area contributed by atoms with Crippen molar-refractivity contribution in [3.05, 3.63) is 12.2 Å². The molecule has 0 saturated carbocycles. The van der Waals surface area contributed by atoms with Crippen LogP contribution in [0.15, 0.2) is 12.2 Å². The minimum atomic E-state index is -4.28. The molecule has 0 aliphatic rings. The first-order valence-electron chi connectivity index (χ1n) is 8.49. The van der Waals surface area contributed by atoms with Gasteiger partial charge in [-0.2, -0.15) is 0 Å². The van der Waals surface area contributed by atoms with Crippen molar-refractivity contribution < 1.29 is 32.5 Å². The highest BCUT2D eigenvalue weighted by Gasteiger charge is 2.21. The van der Waals surface area contributed by atoms with Gasteiger partial charge in [-0.3, -0.25) is 4.57 Å². The van der Waals surface area contributed by atoms with Crippen LogP contribution >= 0.6 is 7.82 Å². The van der Waals surface area contributed by atoms with E-state index in [9.17, 15) is 14.3 Å². The van der Waals surface area contributed by atoms with E-state index in [-0.39, 0.29) is 19.8 Å². The lowest BCUT2D eigenvalue weighted by Gasteiger charge is -2.36. The van der Waals surface area contributed by atoms with Crippen molar-refractivity contribution in [1.82, 2.24) is 0 Å². The summed E-state index contributed by atoms with van der Waals surface area (Å²) in [5, 5.41) is 0. The van der Waals surface area contributed by atoms with Crippen LogP contribution in [0.25, 0.3) is 0 Å². The second-order valence-corrected chi connectivity index (χ2v) is 7.16. The van der Waals surface area contributed by atoms with Gasteiger partial charge >= 0.3 is 5.97 Å².